The number of pyridine rings is 1. The van der Waals surface area contributed by atoms with Crippen LogP contribution in [0.5, 0.6) is 0 Å². The van der Waals surface area contributed by atoms with Crippen molar-refractivity contribution in [3.8, 4) is 28.1 Å². The smallest absolute Gasteiger partial charge is 0.518 e. The minimum Gasteiger partial charge on any atom is -0.518 e. The zero-order valence-electron chi connectivity index (χ0n) is 32.5. The second-order valence-electron chi connectivity index (χ2n) is 16.7. The van der Waals surface area contributed by atoms with E-state index in [1.165, 1.54) is 33.2 Å². The van der Waals surface area contributed by atoms with Gasteiger partial charge in [-0.25, -0.2) is 0 Å². The molecule has 270 valence electrons. The number of aromatic nitrogens is 2. The number of fused-ring (bicyclic) bond motifs is 3. The average Bonchev–Trinajstić information content (AvgIpc) is 3.66. The molecule has 4 aromatic carbocycles. The van der Waals surface area contributed by atoms with Gasteiger partial charge in [0.1, 0.15) is 12.5 Å². The molecule has 0 spiro atoms. The molecule has 0 unspecified atom stereocenters. The molecular weight excluding hydrogens is 818 g/mol. The van der Waals surface area contributed by atoms with Crippen LogP contribution in [0, 0.1) is 25.0 Å². The molecule has 7 rings (SSSR count). The van der Waals surface area contributed by atoms with E-state index in [9.17, 15) is 0 Å². The third kappa shape index (κ3) is 6.80. The summed E-state index contributed by atoms with van der Waals surface area (Å²) in [6.07, 6.45) is 1.92. The van der Waals surface area contributed by atoms with Crippen LogP contribution in [0.25, 0.3) is 49.9 Å². The van der Waals surface area contributed by atoms with E-state index in [0.29, 0.717) is 30.3 Å². The van der Waals surface area contributed by atoms with Gasteiger partial charge in [-0.2, -0.15) is 0 Å². The third-order valence-electron chi connectivity index (χ3n) is 10.8. The van der Waals surface area contributed by atoms with Gasteiger partial charge in [0, 0.05) is 11.7 Å². The van der Waals surface area contributed by atoms with Gasteiger partial charge in [0.25, 0.3) is 0 Å². The Hall–Kier alpha value is -4.01. The van der Waals surface area contributed by atoms with Crippen molar-refractivity contribution in [3.05, 3.63) is 119 Å². The summed E-state index contributed by atoms with van der Waals surface area (Å²) in [5.41, 5.74) is 13.1. The quantitative estimate of drug-likeness (QED) is 0.150. The van der Waals surface area contributed by atoms with E-state index in [4.69, 9.17) is 14.7 Å². The Morgan fingerprint density at radius 2 is 1.52 bits per heavy atom. The second kappa shape index (κ2) is 14.1. The van der Waals surface area contributed by atoms with Crippen molar-refractivity contribution >= 4 is 27.7 Å². The maximum atomic E-state index is 6.43. The van der Waals surface area contributed by atoms with Gasteiger partial charge in [-0.1, -0.05) is 121 Å². The number of aliphatic imine (C=N–C) groups is 1. The number of nitrogens with zero attached hydrogens (tertiary/aromatic N) is 3. The van der Waals surface area contributed by atoms with Crippen LogP contribution in [-0.2, 0) is 31.2 Å². The van der Waals surface area contributed by atoms with E-state index in [0.717, 1.165) is 44.5 Å². The van der Waals surface area contributed by atoms with Crippen LogP contribution in [0.15, 0.2) is 84.0 Å². The number of rotatable bonds is 7. The molecule has 0 saturated heterocycles. The molecule has 6 aromatic rings. The predicted molar refractivity (Wildman–Crippen MR) is 214 cm³/mol. The van der Waals surface area contributed by atoms with Crippen molar-refractivity contribution < 1.29 is 25.8 Å². The summed E-state index contributed by atoms with van der Waals surface area (Å²) >= 11 is 0. The molecule has 0 amide bonds. The van der Waals surface area contributed by atoms with Gasteiger partial charge < -0.3 is 14.3 Å². The Morgan fingerprint density at radius 1 is 0.808 bits per heavy atom. The van der Waals surface area contributed by atoms with E-state index in [1.54, 1.807) is 0 Å². The Morgan fingerprint density at radius 3 is 2.15 bits per heavy atom. The average molecular weight is 869 g/mol. The second-order valence-corrected chi connectivity index (χ2v) is 16.7. The molecule has 0 radical (unpaired) electrons. The van der Waals surface area contributed by atoms with E-state index in [1.807, 2.05) is 6.20 Å². The third-order valence-corrected chi connectivity index (χ3v) is 10.8. The molecule has 52 heavy (non-hydrogen) atoms. The number of benzene rings is 4. The molecule has 1 aliphatic heterocycles. The summed E-state index contributed by atoms with van der Waals surface area (Å²) < 4.78 is 8.77. The molecule has 0 saturated carbocycles. The molecule has 0 bridgehead atoms. The molecule has 3 heterocycles. The van der Waals surface area contributed by atoms with Crippen LogP contribution in [0.3, 0.4) is 0 Å². The van der Waals surface area contributed by atoms with Crippen LogP contribution in [-0.4, -0.2) is 27.6 Å². The largest absolute Gasteiger partial charge is 2.00 e. The molecule has 5 heteroatoms. The molecule has 0 fully saturated rings. The SMILES string of the molecule is Cc1ccc2c(c1)c1ccc(-c3cc(C(C)(C)C)ccn3)[c-]c1n2-c1[c-]c(C2=N[C@](C)(C(C)C)CO2)cc(-c2c(C(C)C)cccc2C(C)C)c1.[Pt+2]. The number of aryl methyl sites for hydroxylation is 1. The summed E-state index contributed by atoms with van der Waals surface area (Å²) in [5, 5.41) is 2.34. The first-order chi connectivity index (χ1) is 24.1. The monoisotopic (exact) mass is 868 g/mol. The first-order valence-electron chi connectivity index (χ1n) is 18.5. The Labute approximate surface area is 325 Å². The van der Waals surface area contributed by atoms with Gasteiger partial charge in [0.05, 0.1) is 5.54 Å². The minimum absolute atomic E-state index is 0. The van der Waals surface area contributed by atoms with Crippen LogP contribution in [0.2, 0.25) is 0 Å². The summed E-state index contributed by atoms with van der Waals surface area (Å²) in [6, 6.07) is 34.4. The Balaban J connectivity index is 0.00000464. The Bertz CT molecular complexity index is 2290. The molecular formula is C47H51N3OPt. The summed E-state index contributed by atoms with van der Waals surface area (Å²) in [7, 11) is 0. The van der Waals surface area contributed by atoms with Crippen molar-refractivity contribution in [2.75, 3.05) is 6.61 Å². The van der Waals surface area contributed by atoms with Crippen molar-refractivity contribution in [2.24, 2.45) is 10.9 Å². The standard InChI is InChI=1S/C47H51N3O.Pt/c1-28(2)37-13-12-14-38(29(3)4)44(37)33-22-34(45-49-47(11,27-51-45)30(5)6)24-36(23-33)50-42-18-15-31(7)21-40(42)39-17-16-32(25-43(39)50)41-26-35(19-20-48-41)46(8,9)10;/h12-23,26,28-30H,27H2,1-11H3;/q-2;+2/t47-;/m0./s1. The van der Waals surface area contributed by atoms with Crippen LogP contribution in [0.1, 0.15) is 109 Å². The molecule has 0 N–H and O–H groups in total. The van der Waals surface area contributed by atoms with E-state index in [2.05, 4.69) is 166 Å². The van der Waals surface area contributed by atoms with E-state index < -0.39 is 0 Å². The molecule has 1 atom stereocenters. The first-order valence-corrected chi connectivity index (χ1v) is 18.5. The normalized spacial score (nSPS) is 16.2. The van der Waals surface area contributed by atoms with Crippen LogP contribution < -0.4 is 0 Å². The fourth-order valence-electron chi connectivity index (χ4n) is 7.26. The minimum atomic E-state index is -0.292. The van der Waals surface area contributed by atoms with E-state index >= 15 is 0 Å². The van der Waals surface area contributed by atoms with Crippen LogP contribution in [0.4, 0.5) is 0 Å². The topological polar surface area (TPSA) is 39.4 Å². The molecule has 0 aliphatic carbocycles. The summed E-state index contributed by atoms with van der Waals surface area (Å²) in [6.45, 7) is 25.2. The fraction of sp³-hybridized carbons (Fsp3) is 0.362. The summed E-state index contributed by atoms with van der Waals surface area (Å²) in [5.74, 6) is 1.70. The van der Waals surface area contributed by atoms with Gasteiger partial charge in [-0.15, -0.1) is 42.0 Å². The maximum Gasteiger partial charge on any atom is 2.00 e. The van der Waals surface area contributed by atoms with Crippen LogP contribution >= 0.6 is 0 Å². The van der Waals surface area contributed by atoms with Crippen molar-refractivity contribution in [1.29, 1.82) is 0 Å². The molecule has 1 aliphatic rings. The number of ether oxygens (including phenoxy) is 1. The number of hydrogen-bond acceptors (Lipinski definition) is 3. The zero-order chi connectivity index (χ0) is 36.4. The fourth-order valence-corrected chi connectivity index (χ4v) is 7.26. The van der Waals surface area contributed by atoms with Crippen molar-refractivity contribution in [1.82, 2.24) is 9.55 Å². The van der Waals surface area contributed by atoms with Gasteiger partial charge in [0.2, 0.25) is 0 Å². The summed E-state index contributed by atoms with van der Waals surface area (Å²) in [4.78, 5) is 10.0. The maximum absolute atomic E-state index is 6.43. The van der Waals surface area contributed by atoms with Crippen molar-refractivity contribution in [2.45, 2.75) is 99.0 Å². The van der Waals surface area contributed by atoms with Gasteiger partial charge >= 0.3 is 21.1 Å². The van der Waals surface area contributed by atoms with Gasteiger partial charge in [-0.05, 0) is 93.7 Å². The zero-order valence-corrected chi connectivity index (χ0v) is 34.8. The Kier molecular flexibility index (Phi) is 10.2. The van der Waals surface area contributed by atoms with Crippen molar-refractivity contribution in [3.63, 3.8) is 0 Å². The van der Waals surface area contributed by atoms with E-state index in [-0.39, 0.29) is 32.0 Å². The first kappa shape index (κ1) is 37.7. The molecule has 4 nitrogen and oxygen atoms in total. The number of hydrogen-bond donors (Lipinski definition) is 0. The predicted octanol–water partition coefficient (Wildman–Crippen LogP) is 12.2. The van der Waals surface area contributed by atoms with Gasteiger partial charge in [-0.3, -0.25) is 4.99 Å². The molecule has 2 aromatic heterocycles. The van der Waals surface area contributed by atoms with Gasteiger partial charge in [0.15, 0.2) is 0 Å².